The molecular formula is C19H25N5O2. The van der Waals surface area contributed by atoms with Gasteiger partial charge in [-0.3, -0.25) is 9.59 Å². The molecule has 2 fully saturated rings. The van der Waals surface area contributed by atoms with E-state index in [9.17, 15) is 14.9 Å². The Balaban J connectivity index is 1.70. The van der Waals surface area contributed by atoms with Crippen molar-refractivity contribution in [1.29, 1.82) is 5.26 Å². The highest BCUT2D eigenvalue weighted by Crippen LogP contribution is 2.41. The van der Waals surface area contributed by atoms with Crippen molar-refractivity contribution in [3.63, 3.8) is 0 Å². The van der Waals surface area contributed by atoms with E-state index in [-0.39, 0.29) is 17.9 Å². The zero-order valence-electron chi connectivity index (χ0n) is 15.4. The van der Waals surface area contributed by atoms with Crippen LogP contribution in [-0.2, 0) is 9.59 Å². The van der Waals surface area contributed by atoms with E-state index in [4.69, 9.17) is 5.73 Å². The van der Waals surface area contributed by atoms with E-state index >= 15 is 0 Å². The van der Waals surface area contributed by atoms with Crippen LogP contribution < -0.4 is 10.6 Å². The lowest BCUT2D eigenvalue weighted by atomic mass is 9.72. The molecule has 3 rings (SSSR count). The number of nitriles is 1. The van der Waals surface area contributed by atoms with E-state index in [0.29, 0.717) is 18.5 Å². The fourth-order valence-electron chi connectivity index (χ4n) is 4.20. The average Bonchev–Trinajstić information content (AvgIpc) is 2.58. The molecule has 0 bridgehead atoms. The number of anilines is 1. The minimum absolute atomic E-state index is 0.0138. The molecule has 26 heavy (non-hydrogen) atoms. The maximum Gasteiger partial charge on any atom is 0.237 e. The van der Waals surface area contributed by atoms with Gasteiger partial charge in [-0.2, -0.15) is 5.26 Å². The second-order valence-electron chi connectivity index (χ2n) is 7.57. The first kappa shape index (κ1) is 18.2. The number of amides is 2. The molecule has 0 aromatic carbocycles. The third kappa shape index (κ3) is 3.50. The van der Waals surface area contributed by atoms with Crippen molar-refractivity contribution in [2.24, 2.45) is 11.1 Å². The lowest BCUT2D eigenvalue weighted by Crippen LogP contribution is -2.53. The molecule has 7 nitrogen and oxygen atoms in total. The van der Waals surface area contributed by atoms with Crippen molar-refractivity contribution in [2.45, 2.75) is 39.5 Å². The molecule has 1 aromatic heterocycles. The van der Waals surface area contributed by atoms with Crippen LogP contribution >= 0.6 is 0 Å². The van der Waals surface area contributed by atoms with Gasteiger partial charge < -0.3 is 15.5 Å². The SMILES string of the molecule is Cc1cc(N2CCC3(CCC(=O)N(CC(N)=O)C3)CC2)nc(C)c1C#N. The van der Waals surface area contributed by atoms with Crippen LogP contribution in [0.3, 0.4) is 0 Å². The van der Waals surface area contributed by atoms with E-state index in [2.05, 4.69) is 16.0 Å². The van der Waals surface area contributed by atoms with Crippen LogP contribution in [0.25, 0.3) is 0 Å². The molecule has 1 spiro atoms. The van der Waals surface area contributed by atoms with Gasteiger partial charge in [-0.25, -0.2) is 4.98 Å². The zero-order valence-corrected chi connectivity index (χ0v) is 15.4. The molecule has 2 aliphatic heterocycles. The third-order valence-corrected chi connectivity index (χ3v) is 5.74. The van der Waals surface area contributed by atoms with Crippen LogP contribution in [0.4, 0.5) is 5.82 Å². The van der Waals surface area contributed by atoms with Crippen molar-refractivity contribution in [2.75, 3.05) is 31.1 Å². The summed E-state index contributed by atoms with van der Waals surface area (Å²) in [6, 6.07) is 4.19. The monoisotopic (exact) mass is 355 g/mol. The number of carbonyl (C=O) groups excluding carboxylic acids is 2. The topological polar surface area (TPSA) is 103 Å². The molecule has 0 atom stereocenters. The van der Waals surface area contributed by atoms with Gasteiger partial charge >= 0.3 is 0 Å². The molecule has 2 saturated heterocycles. The first-order chi connectivity index (χ1) is 12.3. The summed E-state index contributed by atoms with van der Waals surface area (Å²) in [5.41, 5.74) is 7.71. The number of rotatable bonds is 3. The van der Waals surface area contributed by atoms with Crippen LogP contribution in [0.15, 0.2) is 6.07 Å². The number of hydrogen-bond donors (Lipinski definition) is 1. The fraction of sp³-hybridized carbons (Fsp3) is 0.579. The highest BCUT2D eigenvalue weighted by molar-refractivity contribution is 5.84. The van der Waals surface area contributed by atoms with Crippen LogP contribution in [0.1, 0.15) is 42.5 Å². The first-order valence-corrected chi connectivity index (χ1v) is 9.03. The second-order valence-corrected chi connectivity index (χ2v) is 7.57. The van der Waals surface area contributed by atoms with Gasteiger partial charge in [0.1, 0.15) is 11.9 Å². The molecule has 0 aliphatic carbocycles. The van der Waals surface area contributed by atoms with Gasteiger partial charge in [0.2, 0.25) is 11.8 Å². The Morgan fingerprint density at radius 1 is 1.35 bits per heavy atom. The third-order valence-electron chi connectivity index (χ3n) is 5.74. The van der Waals surface area contributed by atoms with Crippen molar-refractivity contribution in [3.05, 3.63) is 22.9 Å². The minimum Gasteiger partial charge on any atom is -0.368 e. The number of aromatic nitrogens is 1. The molecule has 2 aliphatic rings. The van der Waals surface area contributed by atoms with E-state index in [0.717, 1.165) is 49.4 Å². The lowest BCUT2D eigenvalue weighted by Gasteiger charge is -2.47. The van der Waals surface area contributed by atoms with E-state index in [1.165, 1.54) is 0 Å². The van der Waals surface area contributed by atoms with Crippen LogP contribution in [-0.4, -0.2) is 47.9 Å². The fourth-order valence-corrected chi connectivity index (χ4v) is 4.20. The summed E-state index contributed by atoms with van der Waals surface area (Å²) in [5.74, 6) is 0.479. The summed E-state index contributed by atoms with van der Waals surface area (Å²) in [6.45, 7) is 6.15. The Morgan fingerprint density at radius 3 is 2.62 bits per heavy atom. The van der Waals surface area contributed by atoms with Crippen molar-refractivity contribution in [1.82, 2.24) is 9.88 Å². The van der Waals surface area contributed by atoms with Gasteiger partial charge in [-0.05, 0) is 50.2 Å². The number of likely N-dealkylation sites (tertiary alicyclic amines) is 1. The number of hydrogen-bond acceptors (Lipinski definition) is 5. The first-order valence-electron chi connectivity index (χ1n) is 9.03. The molecular weight excluding hydrogens is 330 g/mol. The Bertz CT molecular complexity index is 752. The van der Waals surface area contributed by atoms with Gasteiger partial charge in [0, 0.05) is 26.1 Å². The summed E-state index contributed by atoms with van der Waals surface area (Å²) in [7, 11) is 0. The molecule has 0 radical (unpaired) electrons. The Morgan fingerprint density at radius 2 is 2.04 bits per heavy atom. The smallest absolute Gasteiger partial charge is 0.237 e. The number of nitrogens with zero attached hydrogens (tertiary/aromatic N) is 4. The van der Waals surface area contributed by atoms with Gasteiger partial charge in [-0.1, -0.05) is 0 Å². The molecule has 2 N–H and O–H groups in total. The number of aryl methyl sites for hydroxylation is 2. The van der Waals surface area contributed by atoms with E-state index in [1.807, 2.05) is 19.9 Å². The quantitative estimate of drug-likeness (QED) is 0.879. The van der Waals surface area contributed by atoms with Crippen LogP contribution in [0, 0.1) is 30.6 Å². The predicted octanol–water partition coefficient (Wildman–Crippen LogP) is 1.26. The van der Waals surface area contributed by atoms with Crippen LogP contribution in [0.2, 0.25) is 0 Å². The highest BCUT2D eigenvalue weighted by atomic mass is 16.2. The maximum atomic E-state index is 12.0. The molecule has 7 heteroatoms. The van der Waals surface area contributed by atoms with Gasteiger partial charge in [0.25, 0.3) is 0 Å². The van der Waals surface area contributed by atoms with Crippen molar-refractivity contribution < 1.29 is 9.59 Å². The molecule has 2 amide bonds. The van der Waals surface area contributed by atoms with Gasteiger partial charge in [0.05, 0.1) is 17.8 Å². The lowest BCUT2D eigenvalue weighted by molar-refractivity contribution is -0.141. The molecule has 3 heterocycles. The van der Waals surface area contributed by atoms with Crippen molar-refractivity contribution >= 4 is 17.6 Å². The number of nitrogens with two attached hydrogens (primary N) is 1. The Labute approximate surface area is 153 Å². The van der Waals surface area contributed by atoms with Gasteiger partial charge in [0.15, 0.2) is 0 Å². The Hall–Kier alpha value is -2.62. The zero-order chi connectivity index (χ0) is 18.9. The summed E-state index contributed by atoms with van der Waals surface area (Å²) >= 11 is 0. The predicted molar refractivity (Wildman–Crippen MR) is 97.3 cm³/mol. The second kappa shape index (κ2) is 6.94. The standard InChI is InChI=1S/C19H25N5O2/c1-13-9-17(22-14(2)15(13)10-20)23-7-5-19(6-8-23)4-3-18(26)24(12-19)11-16(21)25/h9H,3-8,11-12H2,1-2H3,(H2,21,25). The summed E-state index contributed by atoms with van der Waals surface area (Å²) in [6.07, 6.45) is 3.26. The summed E-state index contributed by atoms with van der Waals surface area (Å²) in [4.78, 5) is 31.8. The number of primary amides is 1. The summed E-state index contributed by atoms with van der Waals surface area (Å²) < 4.78 is 0. The van der Waals surface area contributed by atoms with Gasteiger partial charge in [-0.15, -0.1) is 0 Å². The summed E-state index contributed by atoms with van der Waals surface area (Å²) in [5, 5.41) is 9.21. The minimum atomic E-state index is -0.458. The number of piperidine rings is 2. The van der Waals surface area contributed by atoms with Crippen molar-refractivity contribution in [3.8, 4) is 6.07 Å². The number of carbonyl (C=O) groups is 2. The molecule has 0 unspecified atom stereocenters. The largest absolute Gasteiger partial charge is 0.368 e. The van der Waals surface area contributed by atoms with E-state index < -0.39 is 5.91 Å². The molecule has 1 aromatic rings. The highest BCUT2D eigenvalue weighted by Gasteiger charge is 2.41. The normalized spacial score (nSPS) is 19.5. The Kier molecular flexibility index (Phi) is 4.86. The molecule has 0 saturated carbocycles. The number of pyridine rings is 1. The van der Waals surface area contributed by atoms with E-state index in [1.54, 1.807) is 4.90 Å². The average molecular weight is 355 g/mol. The molecule has 138 valence electrons. The van der Waals surface area contributed by atoms with Crippen LogP contribution in [0.5, 0.6) is 0 Å². The maximum absolute atomic E-state index is 12.0.